The lowest BCUT2D eigenvalue weighted by Gasteiger charge is -2.12. The second kappa shape index (κ2) is 10.4. The molecule has 1 aliphatic rings. The van der Waals surface area contributed by atoms with Gasteiger partial charge in [-0.25, -0.2) is 0 Å². The molecule has 1 heterocycles. The maximum absolute atomic E-state index is 12.5. The fourth-order valence-electron chi connectivity index (χ4n) is 3.20. The second-order valence-corrected chi connectivity index (χ2v) is 7.11. The highest BCUT2D eigenvalue weighted by Gasteiger charge is 2.15. The number of benzene rings is 3. The van der Waals surface area contributed by atoms with Crippen LogP contribution < -0.4 is 24.3 Å². The molecule has 0 saturated carbocycles. The first kappa shape index (κ1) is 22.0. The molecule has 0 saturated heterocycles. The van der Waals surface area contributed by atoms with Gasteiger partial charge in [-0.2, -0.15) is 0 Å². The molecule has 1 amide bonds. The highest BCUT2D eigenvalue weighted by atomic mass is 16.7. The van der Waals surface area contributed by atoms with Crippen molar-refractivity contribution in [2.24, 2.45) is 0 Å². The molecule has 7 nitrogen and oxygen atoms in total. The van der Waals surface area contributed by atoms with E-state index in [2.05, 4.69) is 5.32 Å². The van der Waals surface area contributed by atoms with Gasteiger partial charge in [-0.3, -0.25) is 9.59 Å². The van der Waals surface area contributed by atoms with E-state index in [0.29, 0.717) is 40.9 Å². The zero-order chi connectivity index (χ0) is 23.0. The van der Waals surface area contributed by atoms with Crippen LogP contribution in [0.2, 0.25) is 0 Å². The number of amides is 1. The van der Waals surface area contributed by atoms with Gasteiger partial charge in [0.2, 0.25) is 6.79 Å². The Hall–Kier alpha value is -4.26. The molecular weight excluding hydrogens is 422 g/mol. The van der Waals surface area contributed by atoms with Crippen LogP contribution in [0.15, 0.2) is 72.8 Å². The van der Waals surface area contributed by atoms with E-state index in [1.807, 2.05) is 25.1 Å². The van der Waals surface area contributed by atoms with Gasteiger partial charge in [0.05, 0.1) is 6.61 Å². The molecule has 168 valence electrons. The van der Waals surface area contributed by atoms with Crippen LogP contribution in [0, 0.1) is 0 Å². The van der Waals surface area contributed by atoms with Crippen molar-refractivity contribution in [3.8, 4) is 23.0 Å². The smallest absolute Gasteiger partial charge is 0.262 e. The van der Waals surface area contributed by atoms with Crippen molar-refractivity contribution in [1.82, 2.24) is 0 Å². The number of allylic oxidation sites excluding steroid dienone is 1. The van der Waals surface area contributed by atoms with Crippen LogP contribution in [0.5, 0.6) is 23.0 Å². The summed E-state index contributed by atoms with van der Waals surface area (Å²) in [5, 5.41) is 2.77. The number of ketones is 1. The molecule has 0 aromatic heterocycles. The van der Waals surface area contributed by atoms with E-state index in [1.54, 1.807) is 54.6 Å². The van der Waals surface area contributed by atoms with Crippen LogP contribution >= 0.6 is 0 Å². The Morgan fingerprint density at radius 2 is 1.76 bits per heavy atom. The van der Waals surface area contributed by atoms with Crippen LogP contribution in [0.3, 0.4) is 0 Å². The first-order valence-corrected chi connectivity index (χ1v) is 10.5. The van der Waals surface area contributed by atoms with E-state index in [-0.39, 0.29) is 25.1 Å². The van der Waals surface area contributed by atoms with E-state index in [1.165, 1.54) is 6.08 Å². The highest BCUT2D eigenvalue weighted by Crippen LogP contribution is 2.33. The summed E-state index contributed by atoms with van der Waals surface area (Å²) in [6.45, 7) is 2.28. The molecule has 0 aliphatic carbocycles. The Kier molecular flexibility index (Phi) is 6.90. The topological polar surface area (TPSA) is 83.1 Å². The third-order valence-electron chi connectivity index (χ3n) is 4.77. The van der Waals surface area contributed by atoms with E-state index in [4.69, 9.17) is 18.9 Å². The maximum Gasteiger partial charge on any atom is 0.262 e. The molecule has 0 atom stereocenters. The molecule has 0 fully saturated rings. The predicted molar refractivity (Wildman–Crippen MR) is 124 cm³/mol. The number of anilines is 1. The Morgan fingerprint density at radius 1 is 0.939 bits per heavy atom. The molecule has 0 unspecified atom stereocenters. The number of hydrogen-bond acceptors (Lipinski definition) is 6. The molecule has 3 aromatic carbocycles. The average Bonchev–Trinajstić information content (AvgIpc) is 3.31. The molecule has 4 rings (SSSR count). The summed E-state index contributed by atoms with van der Waals surface area (Å²) in [6, 6.07) is 19.5. The van der Waals surface area contributed by atoms with E-state index in [9.17, 15) is 9.59 Å². The monoisotopic (exact) mass is 445 g/mol. The first-order chi connectivity index (χ1) is 16.1. The summed E-state index contributed by atoms with van der Waals surface area (Å²) in [4.78, 5) is 24.7. The van der Waals surface area contributed by atoms with Gasteiger partial charge in [-0.1, -0.05) is 30.3 Å². The molecule has 7 heteroatoms. The minimum absolute atomic E-state index is 0.158. The van der Waals surface area contributed by atoms with Crippen LogP contribution in [0.4, 0.5) is 5.69 Å². The summed E-state index contributed by atoms with van der Waals surface area (Å²) < 4.78 is 21.9. The summed E-state index contributed by atoms with van der Waals surface area (Å²) >= 11 is 0. The third-order valence-corrected chi connectivity index (χ3v) is 4.77. The molecule has 33 heavy (non-hydrogen) atoms. The summed E-state index contributed by atoms with van der Waals surface area (Å²) in [6.07, 6.45) is 3.18. The van der Waals surface area contributed by atoms with Crippen molar-refractivity contribution in [2.45, 2.75) is 6.92 Å². The number of fused-ring (bicyclic) bond motifs is 1. The van der Waals surface area contributed by atoms with Crippen LogP contribution in [-0.4, -0.2) is 31.7 Å². The number of nitrogens with one attached hydrogen (secondary N) is 1. The largest absolute Gasteiger partial charge is 0.490 e. The van der Waals surface area contributed by atoms with Gasteiger partial charge in [0.1, 0.15) is 0 Å². The number of ether oxygens (including phenoxy) is 4. The first-order valence-electron chi connectivity index (χ1n) is 10.5. The molecule has 0 radical (unpaired) electrons. The van der Waals surface area contributed by atoms with Crippen molar-refractivity contribution in [1.29, 1.82) is 0 Å². The fourth-order valence-corrected chi connectivity index (χ4v) is 3.20. The van der Waals surface area contributed by atoms with Crippen molar-refractivity contribution >= 4 is 23.5 Å². The summed E-state index contributed by atoms with van der Waals surface area (Å²) in [5.41, 5.74) is 1.96. The van der Waals surface area contributed by atoms with E-state index in [0.717, 1.165) is 5.56 Å². The van der Waals surface area contributed by atoms with Crippen molar-refractivity contribution < 1.29 is 28.5 Å². The van der Waals surface area contributed by atoms with E-state index >= 15 is 0 Å². The maximum atomic E-state index is 12.5. The van der Waals surface area contributed by atoms with Gasteiger partial charge < -0.3 is 24.3 Å². The molecule has 0 spiro atoms. The lowest BCUT2D eigenvalue weighted by molar-refractivity contribution is -0.118. The Balaban J connectivity index is 1.40. The zero-order valence-corrected chi connectivity index (χ0v) is 18.1. The number of carbonyl (C=O) groups excluding carboxylic acids is 2. The quantitative estimate of drug-likeness (QED) is 0.379. The molecule has 1 N–H and O–H groups in total. The molecular formula is C26H23NO6. The average molecular weight is 445 g/mol. The zero-order valence-electron chi connectivity index (χ0n) is 18.1. The minimum Gasteiger partial charge on any atom is -0.490 e. The minimum atomic E-state index is -0.276. The number of carbonyl (C=O) groups is 2. The molecule has 3 aromatic rings. The number of hydrogen-bond donors (Lipinski definition) is 1. The van der Waals surface area contributed by atoms with Crippen LogP contribution in [0.1, 0.15) is 22.8 Å². The molecule has 1 aliphatic heterocycles. The van der Waals surface area contributed by atoms with Crippen molar-refractivity contribution in [3.05, 3.63) is 83.9 Å². The Bertz CT molecular complexity index is 1170. The van der Waals surface area contributed by atoms with Gasteiger partial charge in [0.15, 0.2) is 35.4 Å². The van der Waals surface area contributed by atoms with Crippen LogP contribution in [-0.2, 0) is 4.79 Å². The number of para-hydroxylation sites is 1. The lowest BCUT2D eigenvalue weighted by atomic mass is 10.1. The van der Waals surface area contributed by atoms with Crippen molar-refractivity contribution in [3.63, 3.8) is 0 Å². The van der Waals surface area contributed by atoms with E-state index < -0.39 is 0 Å². The van der Waals surface area contributed by atoms with Gasteiger partial charge >= 0.3 is 0 Å². The SMILES string of the molecule is CCOc1cc(/C=C/C(=O)c2ccc3c(c2)OCO3)ccc1OCC(=O)Nc1ccccc1. The van der Waals surface area contributed by atoms with Crippen LogP contribution in [0.25, 0.3) is 6.08 Å². The van der Waals surface area contributed by atoms with Gasteiger partial charge in [-0.05, 0) is 61.0 Å². The summed E-state index contributed by atoms with van der Waals surface area (Å²) in [7, 11) is 0. The summed E-state index contributed by atoms with van der Waals surface area (Å²) in [5.74, 6) is 1.68. The van der Waals surface area contributed by atoms with Crippen molar-refractivity contribution in [2.75, 3.05) is 25.3 Å². The molecule has 0 bridgehead atoms. The fraction of sp³-hybridized carbons (Fsp3) is 0.154. The lowest BCUT2D eigenvalue weighted by Crippen LogP contribution is -2.20. The normalized spacial score (nSPS) is 11.9. The second-order valence-electron chi connectivity index (χ2n) is 7.11. The highest BCUT2D eigenvalue weighted by molar-refractivity contribution is 6.07. The number of rotatable bonds is 9. The van der Waals surface area contributed by atoms with Gasteiger partial charge in [0, 0.05) is 11.3 Å². The standard InChI is InChI=1S/C26H23NO6/c1-2-30-24-14-18(8-11-21(28)19-10-13-23-25(15-19)33-17-32-23)9-12-22(24)31-16-26(29)27-20-6-4-3-5-7-20/h3-15H,2,16-17H2,1H3,(H,27,29)/b11-8+. The Morgan fingerprint density at radius 3 is 2.58 bits per heavy atom. The van der Waals surface area contributed by atoms with Gasteiger partial charge in [-0.15, -0.1) is 0 Å². The predicted octanol–water partition coefficient (Wildman–Crippen LogP) is 4.73. The Labute approximate surface area is 191 Å². The van der Waals surface area contributed by atoms with Gasteiger partial charge in [0.25, 0.3) is 5.91 Å². The third kappa shape index (κ3) is 5.71.